The zero-order chi connectivity index (χ0) is 17.0. The van der Waals surface area contributed by atoms with Crippen molar-refractivity contribution in [3.05, 3.63) is 47.0 Å². The van der Waals surface area contributed by atoms with E-state index >= 15 is 0 Å². The first kappa shape index (κ1) is 16.8. The molecule has 1 heterocycles. The maximum absolute atomic E-state index is 13.7. The molecule has 0 aliphatic carbocycles. The second-order valence-corrected chi connectivity index (χ2v) is 5.29. The summed E-state index contributed by atoms with van der Waals surface area (Å²) in [5, 5.41) is 6.71. The number of carbonyl (C=O) groups is 2. The zero-order valence-electron chi connectivity index (χ0n) is 12.3. The van der Waals surface area contributed by atoms with Crippen LogP contribution in [0.25, 0.3) is 0 Å². The van der Waals surface area contributed by atoms with Crippen molar-refractivity contribution in [1.82, 2.24) is 14.7 Å². The van der Waals surface area contributed by atoms with Gasteiger partial charge in [0.2, 0.25) is 5.91 Å². The first-order valence-electron chi connectivity index (χ1n) is 6.62. The van der Waals surface area contributed by atoms with Gasteiger partial charge < -0.3 is 16.0 Å². The normalized spacial score (nSPS) is 10.4. The van der Waals surface area contributed by atoms with Gasteiger partial charge in [-0.05, 0) is 12.1 Å². The Morgan fingerprint density at radius 1 is 1.48 bits per heavy atom. The Kier molecular flexibility index (Phi) is 5.17. The summed E-state index contributed by atoms with van der Waals surface area (Å²) in [4.78, 5) is 24.2. The average Bonchev–Trinajstić information content (AvgIpc) is 2.89. The van der Waals surface area contributed by atoms with Gasteiger partial charge in [0.1, 0.15) is 12.4 Å². The molecule has 1 aromatic carbocycles. The van der Waals surface area contributed by atoms with E-state index in [0.717, 1.165) is 0 Å². The summed E-state index contributed by atoms with van der Waals surface area (Å²) in [7, 11) is 1.51. The molecule has 0 radical (unpaired) electrons. The molecule has 0 spiro atoms. The molecular weight excluding hydrogens is 325 g/mol. The molecule has 0 saturated carbocycles. The monoisotopic (exact) mass is 339 g/mol. The second kappa shape index (κ2) is 7.10. The first-order chi connectivity index (χ1) is 10.9. The average molecular weight is 340 g/mol. The number of nitrogens with zero attached hydrogens (tertiary/aromatic N) is 3. The fraction of sp³-hybridized carbons (Fsp3) is 0.214. The third-order valence-corrected chi connectivity index (χ3v) is 3.36. The minimum Gasteiger partial charge on any atom is -0.368 e. The van der Waals surface area contributed by atoms with Crippen molar-refractivity contribution in [2.75, 3.05) is 12.4 Å². The Bertz CT molecular complexity index is 713. The predicted molar refractivity (Wildman–Crippen MR) is 83.3 cm³/mol. The molecule has 3 N–H and O–H groups in total. The summed E-state index contributed by atoms with van der Waals surface area (Å²) < 4.78 is 15.0. The molecule has 2 aromatic rings. The van der Waals surface area contributed by atoms with E-state index in [2.05, 4.69) is 10.4 Å². The number of nitrogens with one attached hydrogen (secondary N) is 1. The van der Waals surface area contributed by atoms with Crippen LogP contribution in [0.2, 0.25) is 5.02 Å². The quantitative estimate of drug-likeness (QED) is 0.870. The number of aromatic nitrogens is 2. The van der Waals surface area contributed by atoms with E-state index in [4.69, 9.17) is 17.3 Å². The highest BCUT2D eigenvalue weighted by atomic mass is 35.5. The van der Waals surface area contributed by atoms with E-state index in [1.165, 1.54) is 41.2 Å². The van der Waals surface area contributed by atoms with Crippen molar-refractivity contribution in [1.29, 1.82) is 0 Å². The molecule has 0 atom stereocenters. The molecule has 0 bridgehead atoms. The number of urea groups is 1. The van der Waals surface area contributed by atoms with Crippen LogP contribution in [0.3, 0.4) is 0 Å². The molecule has 0 saturated heterocycles. The fourth-order valence-electron chi connectivity index (χ4n) is 1.89. The number of nitrogens with two attached hydrogens (primary N) is 1. The molecule has 3 amide bonds. The minimum atomic E-state index is -0.544. The van der Waals surface area contributed by atoms with Crippen molar-refractivity contribution in [2.45, 2.75) is 13.1 Å². The van der Waals surface area contributed by atoms with Crippen molar-refractivity contribution < 1.29 is 14.0 Å². The standard InChI is InChI=1S/C14H15ClFN5O2/c1-20(7-10-11(15)3-2-4-12(10)16)14(23)19-9-5-18-21(6-9)8-13(17)22/h2-6H,7-8H2,1H3,(H2,17,22)(H,19,23). The number of rotatable bonds is 5. The lowest BCUT2D eigenvalue weighted by atomic mass is 10.2. The summed E-state index contributed by atoms with van der Waals surface area (Å²) >= 11 is 5.93. The van der Waals surface area contributed by atoms with Crippen LogP contribution in [0, 0.1) is 5.82 Å². The number of carbonyl (C=O) groups excluding carboxylic acids is 2. The molecule has 0 unspecified atom stereocenters. The van der Waals surface area contributed by atoms with Crippen LogP contribution in [-0.2, 0) is 17.9 Å². The SMILES string of the molecule is CN(Cc1c(F)cccc1Cl)C(=O)Nc1cnn(CC(N)=O)c1. The van der Waals surface area contributed by atoms with Gasteiger partial charge in [-0.15, -0.1) is 0 Å². The van der Waals surface area contributed by atoms with Crippen LogP contribution in [0.15, 0.2) is 30.6 Å². The lowest BCUT2D eigenvalue weighted by molar-refractivity contribution is -0.118. The molecule has 2 rings (SSSR count). The number of hydrogen-bond donors (Lipinski definition) is 2. The van der Waals surface area contributed by atoms with E-state index in [-0.39, 0.29) is 23.7 Å². The number of halogens is 2. The molecule has 0 aliphatic heterocycles. The minimum absolute atomic E-state index is 0.00671. The Morgan fingerprint density at radius 2 is 2.22 bits per heavy atom. The van der Waals surface area contributed by atoms with Crippen molar-refractivity contribution >= 4 is 29.2 Å². The maximum atomic E-state index is 13.7. The van der Waals surface area contributed by atoms with Gasteiger partial charge >= 0.3 is 6.03 Å². The predicted octanol–water partition coefficient (Wildman–Crippen LogP) is 1.82. The summed E-state index contributed by atoms with van der Waals surface area (Å²) in [6, 6.07) is 3.86. The van der Waals surface area contributed by atoms with Gasteiger partial charge in [-0.3, -0.25) is 9.48 Å². The summed E-state index contributed by atoms with van der Waals surface area (Å²) in [6.45, 7) is -0.0801. The number of primary amides is 1. The smallest absolute Gasteiger partial charge is 0.321 e. The van der Waals surface area contributed by atoms with Gasteiger partial charge in [-0.25, -0.2) is 9.18 Å². The Morgan fingerprint density at radius 3 is 2.87 bits per heavy atom. The Hall–Kier alpha value is -2.61. The molecule has 23 heavy (non-hydrogen) atoms. The molecule has 122 valence electrons. The van der Waals surface area contributed by atoms with Crippen molar-refractivity contribution in [3.8, 4) is 0 Å². The number of anilines is 1. The van der Waals surface area contributed by atoms with Crippen LogP contribution >= 0.6 is 11.6 Å². The highest BCUT2D eigenvalue weighted by Crippen LogP contribution is 2.20. The second-order valence-electron chi connectivity index (χ2n) is 4.88. The molecular formula is C14H15ClFN5O2. The Balaban J connectivity index is 2.00. The number of benzene rings is 1. The highest BCUT2D eigenvalue weighted by Gasteiger charge is 2.15. The van der Waals surface area contributed by atoms with E-state index in [1.54, 1.807) is 6.07 Å². The molecule has 0 aliphatic rings. The van der Waals surface area contributed by atoms with E-state index in [1.807, 2.05) is 0 Å². The van der Waals surface area contributed by atoms with Crippen LogP contribution in [-0.4, -0.2) is 33.7 Å². The molecule has 0 fully saturated rings. The fourth-order valence-corrected chi connectivity index (χ4v) is 2.11. The number of hydrogen-bond acceptors (Lipinski definition) is 3. The largest absolute Gasteiger partial charge is 0.368 e. The third-order valence-electron chi connectivity index (χ3n) is 3.01. The summed E-state index contributed by atoms with van der Waals surface area (Å²) in [5.74, 6) is -1.02. The van der Waals surface area contributed by atoms with Crippen molar-refractivity contribution in [2.24, 2.45) is 5.73 Å². The van der Waals surface area contributed by atoms with E-state index in [9.17, 15) is 14.0 Å². The zero-order valence-corrected chi connectivity index (χ0v) is 13.0. The van der Waals surface area contributed by atoms with Gasteiger partial charge in [0, 0.05) is 23.8 Å². The van der Waals surface area contributed by atoms with E-state index < -0.39 is 17.8 Å². The van der Waals surface area contributed by atoms with Crippen LogP contribution in [0.4, 0.5) is 14.9 Å². The molecule has 1 aromatic heterocycles. The summed E-state index contributed by atoms with van der Waals surface area (Å²) in [5.41, 5.74) is 5.68. The van der Waals surface area contributed by atoms with Crippen LogP contribution in [0.1, 0.15) is 5.56 Å². The first-order valence-corrected chi connectivity index (χ1v) is 7.00. The van der Waals surface area contributed by atoms with Crippen LogP contribution in [0.5, 0.6) is 0 Å². The van der Waals surface area contributed by atoms with Gasteiger partial charge in [0.05, 0.1) is 18.4 Å². The molecule has 9 heteroatoms. The third kappa shape index (κ3) is 4.43. The maximum Gasteiger partial charge on any atom is 0.321 e. The highest BCUT2D eigenvalue weighted by molar-refractivity contribution is 6.31. The van der Waals surface area contributed by atoms with Gasteiger partial charge in [-0.2, -0.15) is 5.10 Å². The van der Waals surface area contributed by atoms with Gasteiger partial charge in [0.15, 0.2) is 0 Å². The molecule has 7 nitrogen and oxygen atoms in total. The van der Waals surface area contributed by atoms with Gasteiger partial charge in [-0.1, -0.05) is 17.7 Å². The van der Waals surface area contributed by atoms with Crippen LogP contribution < -0.4 is 11.1 Å². The lowest BCUT2D eigenvalue weighted by Gasteiger charge is -2.18. The Labute approximate surface area is 136 Å². The number of amides is 3. The van der Waals surface area contributed by atoms with Crippen molar-refractivity contribution in [3.63, 3.8) is 0 Å². The topological polar surface area (TPSA) is 93.2 Å². The van der Waals surface area contributed by atoms with E-state index in [0.29, 0.717) is 5.69 Å². The summed E-state index contributed by atoms with van der Waals surface area (Å²) in [6.07, 6.45) is 2.84. The van der Waals surface area contributed by atoms with Gasteiger partial charge in [0.25, 0.3) is 0 Å². The lowest BCUT2D eigenvalue weighted by Crippen LogP contribution is -2.31.